The van der Waals surface area contributed by atoms with Gasteiger partial charge in [-0.05, 0) is 44.9 Å². The van der Waals surface area contributed by atoms with E-state index >= 15 is 0 Å². The van der Waals surface area contributed by atoms with E-state index in [-0.39, 0.29) is 12.0 Å². The third-order valence-electron chi connectivity index (χ3n) is 7.12. The molecular formula is C23H23ClFN5O2. The molecule has 3 aliphatic rings. The van der Waals surface area contributed by atoms with E-state index in [1.165, 1.54) is 31.0 Å². The minimum Gasteiger partial charge on any atom is -0.489 e. The summed E-state index contributed by atoms with van der Waals surface area (Å²) < 4.78 is 22.0. The minimum absolute atomic E-state index is 0.00835. The van der Waals surface area contributed by atoms with Crippen LogP contribution in [0.1, 0.15) is 47.3 Å². The van der Waals surface area contributed by atoms with E-state index in [9.17, 15) is 9.18 Å². The highest BCUT2D eigenvalue weighted by atomic mass is 35.5. The monoisotopic (exact) mass is 455 g/mol. The molecule has 9 heteroatoms. The molecule has 0 saturated carbocycles. The Hall–Kier alpha value is -2.71. The van der Waals surface area contributed by atoms with Crippen molar-refractivity contribution in [2.45, 2.75) is 57.0 Å². The second-order valence-corrected chi connectivity index (χ2v) is 9.47. The van der Waals surface area contributed by atoms with E-state index in [2.05, 4.69) is 22.0 Å². The Balaban J connectivity index is 1.24. The van der Waals surface area contributed by atoms with Gasteiger partial charge in [0, 0.05) is 29.9 Å². The quantitative estimate of drug-likeness (QED) is 0.603. The van der Waals surface area contributed by atoms with Crippen molar-refractivity contribution in [3.63, 3.8) is 0 Å². The number of ether oxygens (including phenoxy) is 1. The first-order chi connectivity index (χ1) is 15.5. The maximum Gasteiger partial charge on any atom is 0.258 e. The smallest absolute Gasteiger partial charge is 0.258 e. The molecule has 3 atom stereocenters. The Morgan fingerprint density at radius 1 is 1.22 bits per heavy atom. The summed E-state index contributed by atoms with van der Waals surface area (Å²) in [6, 6.07) is 5.17. The Kier molecular flexibility index (Phi) is 4.62. The predicted octanol–water partition coefficient (Wildman–Crippen LogP) is 3.68. The van der Waals surface area contributed by atoms with Crippen molar-refractivity contribution < 1.29 is 13.9 Å². The number of carbonyl (C=O) groups is 1. The Morgan fingerprint density at radius 2 is 2.00 bits per heavy atom. The van der Waals surface area contributed by atoms with Crippen molar-refractivity contribution in [1.29, 1.82) is 0 Å². The van der Waals surface area contributed by atoms with Gasteiger partial charge in [-0.2, -0.15) is 5.10 Å². The average molecular weight is 456 g/mol. The molecule has 7 nitrogen and oxygen atoms in total. The van der Waals surface area contributed by atoms with Crippen LogP contribution >= 0.6 is 11.6 Å². The lowest BCUT2D eigenvalue weighted by Gasteiger charge is -2.36. The van der Waals surface area contributed by atoms with Crippen molar-refractivity contribution in [3.8, 4) is 5.75 Å². The van der Waals surface area contributed by atoms with E-state index in [0.717, 1.165) is 24.1 Å². The van der Waals surface area contributed by atoms with Crippen LogP contribution in [-0.2, 0) is 13.1 Å². The van der Waals surface area contributed by atoms with Crippen LogP contribution in [0, 0.1) is 5.82 Å². The number of hydrogen-bond acceptors (Lipinski definition) is 5. The fourth-order valence-electron chi connectivity index (χ4n) is 5.44. The summed E-state index contributed by atoms with van der Waals surface area (Å²) in [7, 11) is 2.17. The molecule has 2 aromatic heterocycles. The van der Waals surface area contributed by atoms with Gasteiger partial charge in [0.1, 0.15) is 17.7 Å². The summed E-state index contributed by atoms with van der Waals surface area (Å²) in [5.41, 5.74) is 2.78. The number of hydrogen-bond donors (Lipinski definition) is 0. The summed E-state index contributed by atoms with van der Waals surface area (Å²) in [6.45, 7) is 0.756. The second-order valence-electron chi connectivity index (χ2n) is 9.03. The number of halogens is 2. The zero-order valence-corrected chi connectivity index (χ0v) is 18.4. The van der Waals surface area contributed by atoms with Crippen molar-refractivity contribution in [3.05, 3.63) is 58.3 Å². The fourth-order valence-corrected chi connectivity index (χ4v) is 5.58. The standard InChI is InChI=1S/C23H23ClFN5O2/c1-28-15-3-4-16(28)8-17(7-15)32-21-6-14(25)2-5-18(21)23(31)29-11-19-20(12-29)27-30-10-13(24)9-26-22(19)30/h2,5-6,9-10,15-17H,3-4,7-8,11-12H2,1H3/t15-,16+,17?. The Labute approximate surface area is 189 Å². The van der Waals surface area contributed by atoms with Gasteiger partial charge in [-0.25, -0.2) is 13.9 Å². The normalized spacial score (nSPS) is 24.8. The van der Waals surface area contributed by atoms with Gasteiger partial charge < -0.3 is 14.5 Å². The van der Waals surface area contributed by atoms with Gasteiger partial charge in [0.2, 0.25) is 0 Å². The van der Waals surface area contributed by atoms with Gasteiger partial charge >= 0.3 is 0 Å². The Morgan fingerprint density at radius 3 is 2.78 bits per heavy atom. The molecule has 3 aliphatic heterocycles. The highest BCUT2D eigenvalue weighted by molar-refractivity contribution is 6.30. The molecule has 0 radical (unpaired) electrons. The zero-order valence-electron chi connectivity index (χ0n) is 17.7. The molecule has 2 saturated heterocycles. The van der Waals surface area contributed by atoms with Crippen molar-refractivity contribution in [2.24, 2.45) is 0 Å². The summed E-state index contributed by atoms with van der Waals surface area (Å²) in [6.07, 6.45) is 7.41. The molecule has 3 aromatic rings. The number of fused-ring (bicyclic) bond motifs is 5. The maximum atomic E-state index is 14.1. The minimum atomic E-state index is -0.407. The number of aromatic nitrogens is 3. The first kappa shape index (κ1) is 19.9. The van der Waals surface area contributed by atoms with E-state index in [4.69, 9.17) is 16.3 Å². The highest BCUT2D eigenvalue weighted by Gasteiger charge is 2.40. The van der Waals surface area contributed by atoms with Crippen LogP contribution in [0.2, 0.25) is 5.02 Å². The summed E-state index contributed by atoms with van der Waals surface area (Å²) in [5.74, 6) is -0.274. The number of benzene rings is 1. The molecule has 0 spiro atoms. The third kappa shape index (κ3) is 3.24. The van der Waals surface area contributed by atoms with E-state index in [1.807, 2.05) is 0 Å². The van der Waals surface area contributed by atoms with Gasteiger partial charge in [0.05, 0.1) is 35.6 Å². The van der Waals surface area contributed by atoms with Crippen molar-refractivity contribution >= 4 is 23.2 Å². The number of rotatable bonds is 3. The molecule has 2 fully saturated rings. The van der Waals surface area contributed by atoms with E-state index in [0.29, 0.717) is 47.2 Å². The lowest BCUT2D eigenvalue weighted by atomic mass is 10.0. The van der Waals surface area contributed by atoms with Gasteiger partial charge in [-0.1, -0.05) is 11.6 Å². The van der Waals surface area contributed by atoms with Crippen molar-refractivity contribution in [1.82, 2.24) is 24.4 Å². The second kappa shape index (κ2) is 7.42. The molecule has 32 heavy (non-hydrogen) atoms. The lowest BCUT2D eigenvalue weighted by Crippen LogP contribution is -2.44. The van der Waals surface area contributed by atoms with E-state index < -0.39 is 5.82 Å². The molecule has 0 aliphatic carbocycles. The van der Waals surface area contributed by atoms with Gasteiger partial charge in [0.25, 0.3) is 5.91 Å². The van der Waals surface area contributed by atoms with Crippen LogP contribution in [0.3, 0.4) is 0 Å². The molecule has 166 valence electrons. The molecule has 2 bridgehead atoms. The van der Waals surface area contributed by atoms with E-state index in [1.54, 1.807) is 21.8 Å². The van der Waals surface area contributed by atoms with Crippen LogP contribution in [0.15, 0.2) is 30.6 Å². The topological polar surface area (TPSA) is 63.0 Å². The number of amides is 1. The van der Waals surface area contributed by atoms with Gasteiger partial charge in [-0.3, -0.25) is 4.79 Å². The lowest BCUT2D eigenvalue weighted by molar-refractivity contribution is 0.0622. The maximum absolute atomic E-state index is 14.1. The molecular weight excluding hydrogens is 433 g/mol. The van der Waals surface area contributed by atoms with Gasteiger partial charge in [-0.15, -0.1) is 0 Å². The van der Waals surface area contributed by atoms with Crippen LogP contribution in [0.4, 0.5) is 4.39 Å². The summed E-state index contributed by atoms with van der Waals surface area (Å²) in [5, 5.41) is 5.02. The van der Waals surface area contributed by atoms with Crippen LogP contribution in [0.5, 0.6) is 5.75 Å². The molecule has 1 unspecified atom stereocenters. The first-order valence-electron chi connectivity index (χ1n) is 11.0. The highest BCUT2D eigenvalue weighted by Crippen LogP contribution is 2.37. The van der Waals surface area contributed by atoms with Crippen molar-refractivity contribution in [2.75, 3.05) is 7.05 Å². The van der Waals surface area contributed by atoms with Crippen LogP contribution < -0.4 is 4.74 Å². The zero-order chi connectivity index (χ0) is 22.0. The summed E-state index contributed by atoms with van der Waals surface area (Å²) >= 11 is 6.01. The SMILES string of the molecule is CN1[C@@H]2CC[C@H]1CC(Oc1cc(F)ccc1C(=O)N1Cc3nn4cc(Cl)cnc4c3C1)C2. The fraction of sp³-hybridized carbons (Fsp3) is 0.435. The van der Waals surface area contributed by atoms with Gasteiger partial charge in [0.15, 0.2) is 5.65 Å². The molecule has 1 amide bonds. The largest absolute Gasteiger partial charge is 0.489 e. The van der Waals surface area contributed by atoms with Crippen LogP contribution in [-0.4, -0.2) is 55.5 Å². The van der Waals surface area contributed by atoms with Crippen LogP contribution in [0.25, 0.3) is 5.65 Å². The molecule has 0 N–H and O–H groups in total. The molecule has 6 rings (SSSR count). The molecule has 1 aromatic carbocycles. The third-order valence-corrected chi connectivity index (χ3v) is 7.31. The number of piperidine rings is 1. The number of nitrogens with zero attached hydrogens (tertiary/aromatic N) is 5. The predicted molar refractivity (Wildman–Crippen MR) is 116 cm³/mol. The summed E-state index contributed by atoms with van der Waals surface area (Å²) in [4.78, 5) is 21.9. The first-order valence-corrected chi connectivity index (χ1v) is 11.3. The Bertz CT molecular complexity index is 1220. The average Bonchev–Trinajstić information content (AvgIpc) is 3.36. The number of carbonyl (C=O) groups excluding carboxylic acids is 1. The molecule has 5 heterocycles.